The van der Waals surface area contributed by atoms with Crippen molar-refractivity contribution >= 4 is 33.7 Å². The van der Waals surface area contributed by atoms with Crippen molar-refractivity contribution in [2.75, 3.05) is 13.2 Å². The molecule has 8 nitrogen and oxygen atoms in total. The predicted molar refractivity (Wildman–Crippen MR) is 142 cm³/mol. The number of aliphatic hydroxyl groups excluding tert-OH is 1. The van der Waals surface area contributed by atoms with Crippen LogP contribution in [-0.2, 0) is 19.1 Å². The summed E-state index contributed by atoms with van der Waals surface area (Å²) in [5, 5.41) is 16.5. The highest BCUT2D eigenvalue weighted by Crippen LogP contribution is 2.60. The predicted octanol–water partition coefficient (Wildman–Crippen LogP) is 3.00. The Morgan fingerprint density at radius 2 is 1.86 bits per heavy atom. The van der Waals surface area contributed by atoms with Crippen molar-refractivity contribution < 1.29 is 24.2 Å². The van der Waals surface area contributed by atoms with Crippen molar-refractivity contribution in [3.63, 3.8) is 0 Å². The van der Waals surface area contributed by atoms with E-state index in [4.69, 9.17) is 4.74 Å². The number of aliphatic hydroxyl groups is 1. The summed E-state index contributed by atoms with van der Waals surface area (Å²) < 4.78 is 6.55. The second-order valence-electron chi connectivity index (χ2n) is 13.3. The van der Waals surface area contributed by atoms with Crippen molar-refractivity contribution in [2.45, 2.75) is 115 Å². The Bertz CT molecular complexity index is 857. The van der Waals surface area contributed by atoms with Crippen LogP contribution in [0.1, 0.15) is 81.1 Å². The van der Waals surface area contributed by atoms with E-state index in [1.165, 1.54) is 0 Å². The lowest BCUT2D eigenvalue weighted by molar-refractivity contribution is -0.146. The van der Waals surface area contributed by atoms with Crippen molar-refractivity contribution in [3.05, 3.63) is 0 Å². The highest BCUT2D eigenvalue weighted by atomic mass is 79.9. The smallest absolute Gasteiger partial charge is 0.246 e. The van der Waals surface area contributed by atoms with Crippen molar-refractivity contribution in [1.82, 2.24) is 15.5 Å². The number of alkyl halides is 1. The first-order valence-corrected chi connectivity index (χ1v) is 14.3. The summed E-state index contributed by atoms with van der Waals surface area (Å²) in [7, 11) is 0. The molecule has 206 valence electrons. The summed E-state index contributed by atoms with van der Waals surface area (Å²) in [6, 6.07) is -1.45. The molecule has 0 saturated carbocycles. The lowest BCUT2D eigenvalue weighted by atomic mass is 9.70. The molecule has 1 spiro atoms. The van der Waals surface area contributed by atoms with Gasteiger partial charge in [-0.2, -0.15) is 0 Å². The lowest BCUT2D eigenvalue weighted by Gasteiger charge is -2.40. The molecular formula is C27H46BrN3O5. The van der Waals surface area contributed by atoms with E-state index in [2.05, 4.69) is 47.3 Å². The summed E-state index contributed by atoms with van der Waals surface area (Å²) in [4.78, 5) is 42.9. The summed E-state index contributed by atoms with van der Waals surface area (Å²) in [5.74, 6) is -1.97. The second kappa shape index (κ2) is 10.5. The number of fused-ring (bicyclic) bond motifs is 1. The zero-order chi connectivity index (χ0) is 27.2. The van der Waals surface area contributed by atoms with E-state index >= 15 is 0 Å². The van der Waals surface area contributed by atoms with Gasteiger partial charge in [0.15, 0.2) is 0 Å². The van der Waals surface area contributed by atoms with Crippen LogP contribution in [0.2, 0.25) is 0 Å². The van der Waals surface area contributed by atoms with E-state index in [9.17, 15) is 19.5 Å². The van der Waals surface area contributed by atoms with Gasteiger partial charge in [0.1, 0.15) is 11.6 Å². The van der Waals surface area contributed by atoms with Gasteiger partial charge in [-0.25, -0.2) is 0 Å². The molecule has 9 heteroatoms. The average Bonchev–Trinajstić information content (AvgIpc) is 3.31. The van der Waals surface area contributed by atoms with Crippen molar-refractivity contribution in [1.29, 1.82) is 0 Å². The van der Waals surface area contributed by atoms with Crippen LogP contribution in [0.15, 0.2) is 0 Å². The molecule has 0 aromatic heterocycles. The maximum absolute atomic E-state index is 14.1. The second-order valence-corrected chi connectivity index (χ2v) is 14.5. The number of hydrogen-bond acceptors (Lipinski definition) is 5. The molecule has 0 aromatic rings. The van der Waals surface area contributed by atoms with Gasteiger partial charge in [-0.15, -0.1) is 0 Å². The standard InChI is InChI=1S/C27H46BrN3O5/c1-9-10-29-22(33)18-19-24(35)31(16(13-32)11-15(2)3)21(27(19)12-17(28)20(18)36-27)23(34)30-26(7,8)14-25(4,5)6/h15-21,32H,9-14H2,1-8H3,(H,29,33)(H,30,34)/t16-,17?,18-,19+,20-,21?,27?/m1/s1. The number of amides is 3. The molecule has 3 saturated heterocycles. The fraction of sp³-hybridized carbons (Fsp3) is 0.889. The van der Waals surface area contributed by atoms with E-state index in [1.807, 2.05) is 34.6 Å². The molecule has 7 atom stereocenters. The molecule has 3 rings (SSSR count). The zero-order valence-corrected chi connectivity index (χ0v) is 24.8. The number of halogens is 1. The molecule has 3 amide bonds. The minimum Gasteiger partial charge on any atom is -0.394 e. The number of carbonyl (C=O) groups is 3. The van der Waals surface area contributed by atoms with Crippen LogP contribution in [-0.4, -0.2) is 75.0 Å². The Labute approximate surface area is 224 Å². The van der Waals surface area contributed by atoms with Gasteiger partial charge in [0.2, 0.25) is 17.7 Å². The molecule has 0 aromatic carbocycles. The molecule has 3 aliphatic rings. The van der Waals surface area contributed by atoms with Crippen molar-refractivity contribution in [2.24, 2.45) is 23.2 Å². The number of carbonyl (C=O) groups excluding carboxylic acids is 3. The number of rotatable bonds is 10. The number of nitrogens with one attached hydrogen (secondary N) is 2. The molecule has 3 aliphatic heterocycles. The first-order chi connectivity index (χ1) is 16.6. The molecule has 0 aliphatic carbocycles. The highest BCUT2D eigenvalue weighted by Gasteiger charge is 2.77. The summed E-state index contributed by atoms with van der Waals surface area (Å²) in [6.45, 7) is 16.7. The Kier molecular flexibility index (Phi) is 8.58. The van der Waals surface area contributed by atoms with E-state index < -0.39 is 41.2 Å². The topological polar surface area (TPSA) is 108 Å². The molecule has 3 N–H and O–H groups in total. The minimum absolute atomic E-state index is 0.0141. The van der Waals surface area contributed by atoms with Crippen LogP contribution in [0.5, 0.6) is 0 Å². The summed E-state index contributed by atoms with van der Waals surface area (Å²) in [5.41, 5.74) is -1.65. The summed E-state index contributed by atoms with van der Waals surface area (Å²) in [6.07, 6.45) is 2.05. The maximum atomic E-state index is 14.1. The van der Waals surface area contributed by atoms with Gasteiger partial charge < -0.3 is 25.4 Å². The number of nitrogens with zero attached hydrogens (tertiary/aromatic N) is 1. The maximum Gasteiger partial charge on any atom is 0.246 e. The number of hydrogen-bond donors (Lipinski definition) is 3. The molecule has 36 heavy (non-hydrogen) atoms. The van der Waals surface area contributed by atoms with Gasteiger partial charge in [-0.3, -0.25) is 14.4 Å². The fourth-order valence-corrected chi connectivity index (χ4v) is 7.96. The number of ether oxygens (including phenoxy) is 1. The largest absolute Gasteiger partial charge is 0.394 e. The van der Waals surface area contributed by atoms with E-state index in [-0.39, 0.29) is 40.5 Å². The Morgan fingerprint density at radius 1 is 1.22 bits per heavy atom. The van der Waals surface area contributed by atoms with Crippen LogP contribution >= 0.6 is 15.9 Å². The molecule has 3 fully saturated rings. The molecule has 3 heterocycles. The molecular weight excluding hydrogens is 526 g/mol. The SMILES string of the molecule is CCCNC(=O)[C@H]1[C@@H]2OC3(CC2Br)C(C(=O)NC(C)(C)CC(C)(C)C)N([C@@H](CO)CC(C)C)C(=O)[C@H]13. The Hall–Kier alpha value is -1.19. The van der Waals surface area contributed by atoms with Gasteiger partial charge in [-0.05, 0) is 50.9 Å². The fourth-order valence-electron chi connectivity index (χ4n) is 7.02. The third-order valence-electron chi connectivity index (χ3n) is 7.61. The Morgan fingerprint density at radius 3 is 2.39 bits per heavy atom. The monoisotopic (exact) mass is 571 g/mol. The van der Waals surface area contributed by atoms with Crippen LogP contribution < -0.4 is 10.6 Å². The normalized spacial score (nSPS) is 32.7. The van der Waals surface area contributed by atoms with Gasteiger partial charge in [0, 0.05) is 16.9 Å². The van der Waals surface area contributed by atoms with Crippen molar-refractivity contribution in [3.8, 4) is 0 Å². The van der Waals surface area contributed by atoms with Gasteiger partial charge in [-0.1, -0.05) is 57.5 Å². The minimum atomic E-state index is -1.11. The van der Waals surface area contributed by atoms with Crippen LogP contribution in [0.4, 0.5) is 0 Å². The average molecular weight is 573 g/mol. The van der Waals surface area contributed by atoms with Crippen LogP contribution in [0.25, 0.3) is 0 Å². The molecule has 2 bridgehead atoms. The van der Waals surface area contributed by atoms with Crippen LogP contribution in [0, 0.1) is 23.2 Å². The van der Waals surface area contributed by atoms with E-state index in [0.717, 1.165) is 12.8 Å². The van der Waals surface area contributed by atoms with Gasteiger partial charge >= 0.3 is 0 Å². The van der Waals surface area contributed by atoms with Crippen LogP contribution in [0.3, 0.4) is 0 Å². The number of likely N-dealkylation sites (tertiary alicyclic amines) is 1. The first kappa shape index (κ1) is 29.4. The Balaban J connectivity index is 2.05. The van der Waals surface area contributed by atoms with Gasteiger partial charge in [0.05, 0.1) is 30.6 Å². The zero-order valence-electron chi connectivity index (χ0n) is 23.2. The quantitative estimate of drug-likeness (QED) is 0.349. The van der Waals surface area contributed by atoms with E-state index in [1.54, 1.807) is 4.90 Å². The lowest BCUT2D eigenvalue weighted by Crippen LogP contribution is -2.61. The first-order valence-electron chi connectivity index (χ1n) is 13.4. The summed E-state index contributed by atoms with van der Waals surface area (Å²) >= 11 is 3.70. The third-order valence-corrected chi connectivity index (χ3v) is 8.45. The highest BCUT2D eigenvalue weighted by molar-refractivity contribution is 9.09. The molecule has 3 unspecified atom stereocenters. The molecule has 0 radical (unpaired) electrons. The van der Waals surface area contributed by atoms with E-state index in [0.29, 0.717) is 19.4 Å². The third kappa shape index (κ3) is 5.48. The van der Waals surface area contributed by atoms with Gasteiger partial charge in [0.25, 0.3) is 0 Å².